The molecule has 6 nitrogen and oxygen atoms in total. The summed E-state index contributed by atoms with van der Waals surface area (Å²) in [5, 5.41) is 12.8. The predicted molar refractivity (Wildman–Crippen MR) is 75.7 cm³/mol. The third-order valence-electron chi connectivity index (χ3n) is 3.93. The summed E-state index contributed by atoms with van der Waals surface area (Å²) < 4.78 is 28.8. The number of nitrogens with one attached hydrogen (secondary N) is 1. The summed E-state index contributed by atoms with van der Waals surface area (Å²) in [4.78, 5) is 0.171. The second-order valence-corrected chi connectivity index (χ2v) is 7.14. The van der Waals surface area contributed by atoms with Crippen LogP contribution in [0.15, 0.2) is 17.3 Å². The van der Waals surface area contributed by atoms with E-state index in [9.17, 15) is 8.42 Å². The van der Waals surface area contributed by atoms with Gasteiger partial charge < -0.3 is 5.11 Å². The molecule has 0 amide bonds. The lowest BCUT2D eigenvalue weighted by Crippen LogP contribution is -2.38. The molecule has 0 spiro atoms. The molecule has 0 bridgehead atoms. The van der Waals surface area contributed by atoms with Crippen LogP contribution < -0.4 is 4.72 Å². The standard InChI is InChI=1S/C13H23N3O3S/c1-2-11-4-3-5-12(8-11)15-20(18,19)13-9-14-16(10-13)6-7-17/h9-12,15,17H,2-8H2,1H3. The molecule has 0 saturated heterocycles. The predicted octanol–water partition coefficient (Wildman–Crippen LogP) is 1.12. The van der Waals surface area contributed by atoms with Crippen molar-refractivity contribution in [3.63, 3.8) is 0 Å². The minimum atomic E-state index is -3.50. The number of hydrogen-bond acceptors (Lipinski definition) is 4. The molecule has 20 heavy (non-hydrogen) atoms. The molecule has 2 rings (SSSR count). The van der Waals surface area contributed by atoms with Gasteiger partial charge in [0.2, 0.25) is 10.0 Å². The number of sulfonamides is 1. The zero-order valence-electron chi connectivity index (χ0n) is 11.8. The lowest BCUT2D eigenvalue weighted by atomic mass is 9.85. The third kappa shape index (κ3) is 3.80. The van der Waals surface area contributed by atoms with Gasteiger partial charge in [0.25, 0.3) is 0 Å². The summed E-state index contributed by atoms with van der Waals surface area (Å²) in [7, 11) is -3.50. The van der Waals surface area contributed by atoms with Crippen molar-refractivity contribution in [3.8, 4) is 0 Å². The molecule has 7 heteroatoms. The smallest absolute Gasteiger partial charge is 0.243 e. The molecule has 0 aliphatic heterocycles. The quantitative estimate of drug-likeness (QED) is 0.825. The van der Waals surface area contributed by atoms with E-state index in [1.807, 2.05) is 0 Å². The molecular weight excluding hydrogens is 278 g/mol. The molecule has 1 aromatic heterocycles. The average molecular weight is 301 g/mol. The lowest BCUT2D eigenvalue weighted by molar-refractivity contribution is 0.269. The van der Waals surface area contributed by atoms with Crippen molar-refractivity contribution >= 4 is 10.0 Å². The molecule has 1 aromatic rings. The van der Waals surface area contributed by atoms with Crippen molar-refractivity contribution in [1.82, 2.24) is 14.5 Å². The Bertz CT molecular complexity index is 527. The van der Waals surface area contributed by atoms with E-state index in [1.54, 1.807) is 0 Å². The van der Waals surface area contributed by atoms with Crippen molar-refractivity contribution in [2.24, 2.45) is 5.92 Å². The fourth-order valence-electron chi connectivity index (χ4n) is 2.76. The molecule has 2 N–H and O–H groups in total. The first-order chi connectivity index (χ1) is 9.55. The van der Waals surface area contributed by atoms with Crippen LogP contribution >= 0.6 is 0 Å². The van der Waals surface area contributed by atoms with Gasteiger partial charge in [-0.1, -0.05) is 26.2 Å². The largest absolute Gasteiger partial charge is 0.394 e. The summed E-state index contributed by atoms with van der Waals surface area (Å²) in [6.07, 6.45) is 7.99. The highest BCUT2D eigenvalue weighted by atomic mass is 32.2. The average Bonchev–Trinajstić information content (AvgIpc) is 2.88. The monoisotopic (exact) mass is 301 g/mol. The maximum atomic E-state index is 12.3. The Kier molecular flexibility index (Phi) is 5.17. The molecule has 1 saturated carbocycles. The van der Waals surface area contributed by atoms with E-state index in [0.29, 0.717) is 12.5 Å². The first-order valence-corrected chi connectivity index (χ1v) is 8.69. The summed E-state index contributed by atoms with van der Waals surface area (Å²) in [6.45, 7) is 2.40. The Balaban J connectivity index is 2.02. The van der Waals surface area contributed by atoms with Gasteiger partial charge in [0.15, 0.2) is 0 Å². The van der Waals surface area contributed by atoms with Crippen LogP contribution in [-0.4, -0.2) is 36.0 Å². The van der Waals surface area contributed by atoms with E-state index in [2.05, 4.69) is 16.7 Å². The third-order valence-corrected chi connectivity index (χ3v) is 5.41. The van der Waals surface area contributed by atoms with Crippen LogP contribution in [0.1, 0.15) is 39.0 Å². The van der Waals surface area contributed by atoms with E-state index < -0.39 is 10.0 Å². The summed E-state index contributed by atoms with van der Waals surface area (Å²) >= 11 is 0. The molecule has 2 atom stereocenters. The minimum absolute atomic E-state index is 0.0277. The fourth-order valence-corrected chi connectivity index (χ4v) is 4.00. The molecule has 0 radical (unpaired) electrons. The van der Waals surface area contributed by atoms with Crippen LogP contribution in [-0.2, 0) is 16.6 Å². The molecule has 1 aliphatic rings. The van der Waals surface area contributed by atoms with Gasteiger partial charge in [-0.3, -0.25) is 4.68 Å². The SMILES string of the molecule is CCC1CCCC(NS(=O)(=O)c2cnn(CCO)c2)C1. The van der Waals surface area contributed by atoms with Gasteiger partial charge in [-0.15, -0.1) is 0 Å². The Hall–Kier alpha value is -0.920. The number of aromatic nitrogens is 2. The van der Waals surface area contributed by atoms with Crippen LogP contribution in [0.25, 0.3) is 0 Å². The lowest BCUT2D eigenvalue weighted by Gasteiger charge is -2.28. The summed E-state index contributed by atoms with van der Waals surface area (Å²) in [5.41, 5.74) is 0. The van der Waals surface area contributed by atoms with Gasteiger partial charge in [0, 0.05) is 12.2 Å². The van der Waals surface area contributed by atoms with Gasteiger partial charge in [0.1, 0.15) is 4.90 Å². The van der Waals surface area contributed by atoms with Crippen molar-refractivity contribution in [2.75, 3.05) is 6.61 Å². The Morgan fingerprint density at radius 3 is 3.00 bits per heavy atom. The molecule has 0 aromatic carbocycles. The van der Waals surface area contributed by atoms with Crippen molar-refractivity contribution in [1.29, 1.82) is 0 Å². The second kappa shape index (κ2) is 6.69. The van der Waals surface area contributed by atoms with Crippen LogP contribution in [0.4, 0.5) is 0 Å². The number of aliphatic hydroxyl groups excluding tert-OH is 1. The normalized spacial score (nSPS) is 23.9. The second-order valence-electron chi connectivity index (χ2n) is 5.42. The van der Waals surface area contributed by atoms with Crippen molar-refractivity contribution in [2.45, 2.75) is 56.5 Å². The first-order valence-electron chi connectivity index (χ1n) is 7.20. The van der Waals surface area contributed by atoms with Crippen molar-refractivity contribution < 1.29 is 13.5 Å². The summed E-state index contributed by atoms with van der Waals surface area (Å²) in [5.74, 6) is 0.619. The van der Waals surface area contributed by atoms with E-state index in [4.69, 9.17) is 5.11 Å². The highest BCUT2D eigenvalue weighted by molar-refractivity contribution is 7.89. The highest BCUT2D eigenvalue weighted by Gasteiger charge is 2.26. The Labute approximate surface area is 120 Å². The van der Waals surface area contributed by atoms with Gasteiger partial charge in [-0.05, 0) is 18.8 Å². The van der Waals surface area contributed by atoms with Crippen LogP contribution in [0.5, 0.6) is 0 Å². The van der Waals surface area contributed by atoms with Crippen LogP contribution in [0.2, 0.25) is 0 Å². The summed E-state index contributed by atoms with van der Waals surface area (Å²) in [6, 6.07) is 0.0277. The van der Waals surface area contributed by atoms with E-state index in [-0.39, 0.29) is 17.5 Å². The molecule has 1 fully saturated rings. The molecular formula is C13H23N3O3S. The van der Waals surface area contributed by atoms with E-state index >= 15 is 0 Å². The first kappa shape index (κ1) is 15.5. The number of hydrogen-bond donors (Lipinski definition) is 2. The maximum Gasteiger partial charge on any atom is 0.243 e. The fraction of sp³-hybridized carbons (Fsp3) is 0.769. The minimum Gasteiger partial charge on any atom is -0.394 e. The van der Waals surface area contributed by atoms with E-state index in [1.165, 1.54) is 23.5 Å². The molecule has 114 valence electrons. The Morgan fingerprint density at radius 1 is 1.50 bits per heavy atom. The number of rotatable bonds is 6. The molecule has 1 aliphatic carbocycles. The van der Waals surface area contributed by atoms with E-state index in [0.717, 1.165) is 25.7 Å². The molecule has 2 unspecified atom stereocenters. The van der Waals surface area contributed by atoms with Gasteiger partial charge in [-0.25, -0.2) is 13.1 Å². The maximum absolute atomic E-state index is 12.3. The number of aliphatic hydroxyl groups is 1. The zero-order valence-corrected chi connectivity index (χ0v) is 12.6. The van der Waals surface area contributed by atoms with Gasteiger partial charge >= 0.3 is 0 Å². The topological polar surface area (TPSA) is 84.2 Å². The number of nitrogens with zero attached hydrogens (tertiary/aromatic N) is 2. The molecule has 1 heterocycles. The van der Waals surface area contributed by atoms with Gasteiger partial charge in [0.05, 0.1) is 19.3 Å². The zero-order chi connectivity index (χ0) is 14.6. The van der Waals surface area contributed by atoms with Gasteiger partial charge in [-0.2, -0.15) is 5.10 Å². The highest BCUT2D eigenvalue weighted by Crippen LogP contribution is 2.27. The van der Waals surface area contributed by atoms with Crippen LogP contribution in [0.3, 0.4) is 0 Å². The van der Waals surface area contributed by atoms with Crippen molar-refractivity contribution in [3.05, 3.63) is 12.4 Å². The Morgan fingerprint density at radius 2 is 2.30 bits per heavy atom. The van der Waals surface area contributed by atoms with Crippen LogP contribution in [0, 0.1) is 5.92 Å².